The maximum Gasteiger partial charge on any atom is 0.218 e. The lowest BCUT2D eigenvalue weighted by Gasteiger charge is -1.99. The molecule has 0 aliphatic rings. The van der Waals surface area contributed by atoms with Crippen LogP contribution in [0.2, 0.25) is 5.02 Å². The molecule has 0 fully saturated rings. The first-order chi connectivity index (χ1) is 13.2. The van der Waals surface area contributed by atoms with E-state index in [-0.39, 0.29) is 0 Å². The Morgan fingerprint density at radius 3 is 2.74 bits per heavy atom. The van der Waals surface area contributed by atoms with Crippen molar-refractivity contribution in [1.82, 2.24) is 29.5 Å². The minimum absolute atomic E-state index is 0.453. The molecular formula is C16H10ClN7OS2. The number of nitrogen functional groups attached to an aromatic ring is 1. The van der Waals surface area contributed by atoms with Crippen LogP contribution in [0.15, 0.2) is 62.8 Å². The lowest BCUT2D eigenvalue weighted by Crippen LogP contribution is -2.11. The number of rotatable bonds is 4. The predicted octanol–water partition coefficient (Wildman–Crippen LogP) is 3.83. The van der Waals surface area contributed by atoms with Gasteiger partial charge in [-0.25, -0.2) is 14.2 Å². The quantitative estimate of drug-likeness (QED) is 0.445. The Kier molecular flexibility index (Phi) is 3.88. The molecule has 4 aromatic heterocycles. The molecule has 0 saturated heterocycles. The molecule has 0 unspecified atom stereocenters. The van der Waals surface area contributed by atoms with Crippen LogP contribution in [0.3, 0.4) is 0 Å². The molecule has 0 aliphatic heterocycles. The standard InChI is InChI=1S/C16H10ClN7OS2/c17-10-5-3-9(4-6-10)11-8-23-14(19-11)26-16(22-23)27-15-21-20-13(24(15)18)12-2-1-7-25-12/h1-8H,18H2. The van der Waals surface area contributed by atoms with E-state index in [0.29, 0.717) is 21.8 Å². The van der Waals surface area contributed by atoms with Crippen molar-refractivity contribution in [3.05, 3.63) is 53.9 Å². The van der Waals surface area contributed by atoms with E-state index in [1.54, 1.807) is 22.9 Å². The number of imidazole rings is 1. The second-order valence-corrected chi connectivity index (χ2v) is 8.09. The van der Waals surface area contributed by atoms with Gasteiger partial charge in [0.05, 0.1) is 18.2 Å². The fourth-order valence-electron chi connectivity index (χ4n) is 2.48. The van der Waals surface area contributed by atoms with Gasteiger partial charge in [-0.2, -0.15) is 0 Å². The molecule has 0 radical (unpaired) electrons. The molecule has 0 saturated carbocycles. The summed E-state index contributed by atoms with van der Waals surface area (Å²) in [6, 6.07) is 11.1. The van der Waals surface area contributed by atoms with Crippen molar-refractivity contribution in [1.29, 1.82) is 0 Å². The third kappa shape index (κ3) is 2.97. The smallest absolute Gasteiger partial charge is 0.218 e. The molecule has 11 heteroatoms. The van der Waals surface area contributed by atoms with Crippen LogP contribution in [-0.2, 0) is 0 Å². The van der Waals surface area contributed by atoms with Gasteiger partial charge in [-0.1, -0.05) is 35.1 Å². The summed E-state index contributed by atoms with van der Waals surface area (Å²) in [7, 11) is 0. The Bertz CT molecular complexity index is 1190. The van der Waals surface area contributed by atoms with E-state index in [1.807, 2.05) is 30.5 Å². The summed E-state index contributed by atoms with van der Waals surface area (Å²) in [5.41, 5.74) is 1.82. The highest BCUT2D eigenvalue weighted by Gasteiger charge is 2.17. The van der Waals surface area contributed by atoms with Crippen LogP contribution in [-0.4, -0.2) is 29.5 Å². The topological polar surface area (TPSA) is 100 Å². The highest BCUT2D eigenvalue weighted by molar-refractivity contribution is 8.01. The van der Waals surface area contributed by atoms with Crippen molar-refractivity contribution >= 4 is 39.7 Å². The van der Waals surface area contributed by atoms with Gasteiger partial charge in [0.2, 0.25) is 15.9 Å². The van der Waals surface area contributed by atoms with E-state index in [2.05, 4.69) is 20.3 Å². The van der Waals surface area contributed by atoms with Crippen LogP contribution in [0.1, 0.15) is 0 Å². The molecular weight excluding hydrogens is 406 g/mol. The molecule has 134 valence electrons. The maximum atomic E-state index is 6.08. The van der Waals surface area contributed by atoms with Crippen LogP contribution in [0.5, 0.6) is 0 Å². The van der Waals surface area contributed by atoms with E-state index in [0.717, 1.165) is 20.6 Å². The van der Waals surface area contributed by atoms with Crippen molar-refractivity contribution in [3.63, 3.8) is 0 Å². The van der Waals surface area contributed by atoms with Crippen LogP contribution >= 0.6 is 34.7 Å². The monoisotopic (exact) mass is 415 g/mol. The van der Waals surface area contributed by atoms with Gasteiger partial charge in [-0.15, -0.1) is 15.3 Å². The number of nitrogens with two attached hydrogens (primary N) is 1. The first-order valence-electron chi connectivity index (χ1n) is 7.72. The number of aromatic nitrogens is 6. The van der Waals surface area contributed by atoms with E-state index in [4.69, 9.17) is 21.9 Å². The highest BCUT2D eigenvalue weighted by Crippen LogP contribution is 2.32. The summed E-state index contributed by atoms with van der Waals surface area (Å²) < 4.78 is 9.19. The molecule has 0 spiro atoms. The Balaban J connectivity index is 1.42. The zero-order valence-electron chi connectivity index (χ0n) is 13.5. The van der Waals surface area contributed by atoms with Gasteiger partial charge in [0, 0.05) is 10.6 Å². The molecule has 2 N–H and O–H groups in total. The summed E-state index contributed by atoms with van der Waals surface area (Å²) in [6.45, 7) is 0. The van der Waals surface area contributed by atoms with Crippen LogP contribution in [0, 0.1) is 0 Å². The zero-order valence-corrected chi connectivity index (χ0v) is 15.9. The predicted molar refractivity (Wildman–Crippen MR) is 103 cm³/mol. The number of hydrogen-bond donors (Lipinski definition) is 1. The van der Waals surface area contributed by atoms with Crippen LogP contribution < -0.4 is 5.84 Å². The largest absolute Gasteiger partial charge is 0.461 e. The second-order valence-electron chi connectivity index (χ2n) is 5.48. The molecule has 27 heavy (non-hydrogen) atoms. The molecule has 0 bridgehead atoms. The number of halogens is 1. The Labute approximate surface area is 165 Å². The number of furan rings is 1. The lowest BCUT2D eigenvalue weighted by atomic mass is 10.2. The normalized spacial score (nSPS) is 11.4. The molecule has 1 aromatic carbocycles. The number of hydrogen-bond acceptors (Lipinski definition) is 8. The fraction of sp³-hybridized carbons (Fsp3) is 0. The molecule has 5 aromatic rings. The van der Waals surface area contributed by atoms with Gasteiger partial charge in [0.25, 0.3) is 0 Å². The maximum absolute atomic E-state index is 6.08. The van der Waals surface area contributed by atoms with E-state index in [9.17, 15) is 0 Å². The molecule has 0 atom stereocenters. The Morgan fingerprint density at radius 2 is 2.00 bits per heavy atom. The van der Waals surface area contributed by atoms with Crippen LogP contribution in [0.4, 0.5) is 0 Å². The Morgan fingerprint density at radius 1 is 1.15 bits per heavy atom. The molecule has 0 aliphatic carbocycles. The molecule has 8 nitrogen and oxygen atoms in total. The fourth-order valence-corrected chi connectivity index (χ4v) is 4.39. The number of nitrogens with zero attached hydrogens (tertiary/aromatic N) is 6. The van der Waals surface area contributed by atoms with Gasteiger partial charge in [-0.05, 0) is 36.0 Å². The van der Waals surface area contributed by atoms with Crippen molar-refractivity contribution in [2.24, 2.45) is 0 Å². The average Bonchev–Trinajstić information content (AvgIpc) is 3.41. The first kappa shape index (κ1) is 16.4. The van der Waals surface area contributed by atoms with Gasteiger partial charge >= 0.3 is 0 Å². The molecule has 4 heterocycles. The average molecular weight is 416 g/mol. The summed E-state index contributed by atoms with van der Waals surface area (Å²) in [4.78, 5) is 5.39. The van der Waals surface area contributed by atoms with E-state index < -0.39 is 0 Å². The van der Waals surface area contributed by atoms with Gasteiger partial charge in [0.15, 0.2) is 10.1 Å². The summed E-state index contributed by atoms with van der Waals surface area (Å²) >= 11 is 8.70. The molecule has 5 rings (SSSR count). The summed E-state index contributed by atoms with van der Waals surface area (Å²) in [6.07, 6.45) is 3.44. The Hall–Kier alpha value is -2.82. The van der Waals surface area contributed by atoms with Crippen molar-refractivity contribution < 1.29 is 4.42 Å². The second kappa shape index (κ2) is 6.41. The zero-order chi connectivity index (χ0) is 18.4. The number of fused-ring (bicyclic) bond motifs is 1. The van der Waals surface area contributed by atoms with E-state index in [1.165, 1.54) is 27.8 Å². The minimum atomic E-state index is 0.453. The lowest BCUT2D eigenvalue weighted by molar-refractivity contribution is 0.574. The minimum Gasteiger partial charge on any atom is -0.461 e. The first-order valence-corrected chi connectivity index (χ1v) is 9.73. The third-order valence-electron chi connectivity index (χ3n) is 3.75. The van der Waals surface area contributed by atoms with Crippen molar-refractivity contribution in [2.75, 3.05) is 5.84 Å². The van der Waals surface area contributed by atoms with Crippen LogP contribution in [0.25, 0.3) is 27.8 Å². The van der Waals surface area contributed by atoms with Crippen molar-refractivity contribution in [2.45, 2.75) is 9.50 Å². The third-order valence-corrected chi connectivity index (χ3v) is 5.94. The van der Waals surface area contributed by atoms with Gasteiger partial charge in [0.1, 0.15) is 0 Å². The SMILES string of the molecule is Nn1c(Sc2nn3cc(-c4ccc(Cl)cc4)nc3s2)nnc1-c1ccco1. The van der Waals surface area contributed by atoms with Gasteiger partial charge < -0.3 is 10.3 Å². The highest BCUT2D eigenvalue weighted by atomic mass is 35.5. The van der Waals surface area contributed by atoms with Crippen molar-refractivity contribution in [3.8, 4) is 22.8 Å². The molecule has 0 amide bonds. The van der Waals surface area contributed by atoms with E-state index >= 15 is 0 Å². The summed E-state index contributed by atoms with van der Waals surface area (Å²) in [5.74, 6) is 7.09. The number of benzene rings is 1. The van der Waals surface area contributed by atoms with Gasteiger partial charge in [-0.3, -0.25) is 0 Å². The summed E-state index contributed by atoms with van der Waals surface area (Å²) in [5, 5.41) is 13.9.